The third-order valence-electron chi connectivity index (χ3n) is 7.80. The monoisotopic (exact) mass is 504 g/mol. The summed E-state index contributed by atoms with van der Waals surface area (Å²) in [5.74, 6) is 0. The summed E-state index contributed by atoms with van der Waals surface area (Å²) in [4.78, 5) is 5.28. The van der Waals surface area contributed by atoms with Gasteiger partial charge in [-0.2, -0.15) is 5.26 Å². The van der Waals surface area contributed by atoms with Crippen molar-refractivity contribution in [3.05, 3.63) is 130 Å². The molecule has 0 bridgehead atoms. The molecule has 2 heterocycles. The zero-order valence-corrected chi connectivity index (χ0v) is 21.6. The normalized spacial score (nSPS) is 18.0. The van der Waals surface area contributed by atoms with Crippen LogP contribution < -0.4 is 15.9 Å². The van der Waals surface area contributed by atoms with E-state index >= 15 is 0 Å². The number of aliphatic imine (C=N–C) groups is 1. The summed E-state index contributed by atoms with van der Waals surface area (Å²) in [5, 5.41) is 17.4. The van der Waals surface area contributed by atoms with Crippen LogP contribution in [-0.2, 0) is 0 Å². The van der Waals surface area contributed by atoms with Crippen molar-refractivity contribution in [1.82, 2.24) is 9.88 Å². The summed E-state index contributed by atoms with van der Waals surface area (Å²) in [6.45, 7) is 0. The van der Waals surface area contributed by atoms with Gasteiger partial charge in [-0.25, -0.2) is 4.99 Å². The Morgan fingerprint density at radius 2 is 1.69 bits per heavy atom. The van der Waals surface area contributed by atoms with Crippen molar-refractivity contribution in [3.63, 3.8) is 0 Å². The number of fused-ring (bicyclic) bond motifs is 3. The Morgan fingerprint density at radius 1 is 0.872 bits per heavy atom. The van der Waals surface area contributed by atoms with Gasteiger partial charge in [-0.1, -0.05) is 91.0 Å². The fourth-order valence-electron chi connectivity index (χ4n) is 6.01. The first kappa shape index (κ1) is 23.3. The molecule has 4 heteroatoms. The number of allylic oxidation sites excluding steroid dienone is 5. The van der Waals surface area contributed by atoms with E-state index in [4.69, 9.17) is 4.99 Å². The molecule has 4 nitrogen and oxygen atoms in total. The van der Waals surface area contributed by atoms with Crippen molar-refractivity contribution >= 4 is 40.0 Å². The fourth-order valence-corrected chi connectivity index (χ4v) is 6.01. The van der Waals surface area contributed by atoms with Crippen molar-refractivity contribution in [3.8, 4) is 6.07 Å². The predicted molar refractivity (Wildman–Crippen MR) is 160 cm³/mol. The molecule has 1 aliphatic heterocycles. The van der Waals surface area contributed by atoms with Crippen LogP contribution in [0.15, 0.2) is 102 Å². The third-order valence-corrected chi connectivity index (χ3v) is 7.80. The molecule has 7 rings (SSSR count). The Bertz CT molecular complexity index is 1890. The van der Waals surface area contributed by atoms with Crippen LogP contribution in [0.5, 0.6) is 0 Å². The van der Waals surface area contributed by atoms with E-state index in [1.807, 2.05) is 42.5 Å². The van der Waals surface area contributed by atoms with Crippen LogP contribution in [0.25, 0.3) is 34.3 Å². The lowest BCUT2D eigenvalue weighted by molar-refractivity contribution is 0.484. The zero-order valence-electron chi connectivity index (χ0n) is 21.6. The molecule has 0 saturated carbocycles. The van der Waals surface area contributed by atoms with Crippen LogP contribution in [0, 0.1) is 11.3 Å². The van der Waals surface area contributed by atoms with E-state index in [9.17, 15) is 5.26 Å². The van der Waals surface area contributed by atoms with Gasteiger partial charge in [0.2, 0.25) is 6.29 Å². The molecule has 3 aromatic carbocycles. The first-order valence-corrected chi connectivity index (χ1v) is 13.6. The van der Waals surface area contributed by atoms with E-state index in [0.29, 0.717) is 5.56 Å². The molecule has 0 amide bonds. The number of aromatic nitrogens is 1. The van der Waals surface area contributed by atoms with E-state index in [1.165, 1.54) is 32.6 Å². The van der Waals surface area contributed by atoms with Crippen LogP contribution in [0.3, 0.4) is 0 Å². The Morgan fingerprint density at radius 3 is 2.54 bits per heavy atom. The first-order chi connectivity index (χ1) is 19.3. The van der Waals surface area contributed by atoms with Gasteiger partial charge in [0.15, 0.2) is 0 Å². The Labute approximate surface area is 227 Å². The van der Waals surface area contributed by atoms with Crippen molar-refractivity contribution in [1.29, 1.82) is 5.26 Å². The van der Waals surface area contributed by atoms with Gasteiger partial charge in [0.05, 0.1) is 22.9 Å². The van der Waals surface area contributed by atoms with Gasteiger partial charge < -0.3 is 9.88 Å². The van der Waals surface area contributed by atoms with Crippen LogP contribution in [-0.4, -0.2) is 10.3 Å². The van der Waals surface area contributed by atoms with E-state index < -0.39 is 0 Å². The van der Waals surface area contributed by atoms with Crippen LogP contribution in [0.4, 0.5) is 0 Å². The first-order valence-electron chi connectivity index (χ1n) is 13.6. The Balaban J connectivity index is 1.47. The number of nitrogens with one attached hydrogen (secondary N) is 1. The summed E-state index contributed by atoms with van der Waals surface area (Å²) < 4.78 is 2.36. The maximum atomic E-state index is 9.88. The molecule has 3 aliphatic rings. The van der Waals surface area contributed by atoms with Gasteiger partial charge in [-0.05, 0) is 60.6 Å². The van der Waals surface area contributed by atoms with Crippen molar-refractivity contribution in [2.24, 2.45) is 4.99 Å². The second kappa shape index (κ2) is 9.78. The van der Waals surface area contributed by atoms with Crippen molar-refractivity contribution in [2.75, 3.05) is 0 Å². The number of hydrogen-bond donors (Lipinski definition) is 1. The third kappa shape index (κ3) is 4.04. The minimum atomic E-state index is -0.364. The molecule has 188 valence electrons. The van der Waals surface area contributed by atoms with Crippen LogP contribution >= 0.6 is 0 Å². The largest absolute Gasteiger partial charge is 0.346 e. The average Bonchev–Trinajstić information content (AvgIpc) is 3.36. The zero-order chi connectivity index (χ0) is 26.2. The number of nitrogens with zero attached hydrogens (tertiary/aromatic N) is 3. The van der Waals surface area contributed by atoms with Crippen molar-refractivity contribution in [2.45, 2.75) is 32.0 Å². The molecule has 1 atom stereocenters. The lowest BCUT2D eigenvalue weighted by Gasteiger charge is -2.27. The SMILES string of the molecule is N#Cc1ccccc1C1=CC(c2ccccc2)=NC(n2c3c(c4c(C5=CC=CCC5)cccc42)=CCCC=3)N1. The molecular formula is C35H28N4. The lowest BCUT2D eigenvalue weighted by Crippen LogP contribution is -2.39. The smallest absolute Gasteiger partial charge is 0.201 e. The Hall–Kier alpha value is -4.88. The summed E-state index contributed by atoms with van der Waals surface area (Å²) >= 11 is 0. The number of nitriles is 1. The van der Waals surface area contributed by atoms with Gasteiger partial charge in [0, 0.05) is 27.2 Å². The second-order valence-corrected chi connectivity index (χ2v) is 10.1. The molecule has 4 aromatic rings. The van der Waals surface area contributed by atoms with Gasteiger partial charge in [-0.15, -0.1) is 0 Å². The molecule has 1 unspecified atom stereocenters. The highest BCUT2D eigenvalue weighted by molar-refractivity contribution is 6.13. The topological polar surface area (TPSA) is 53.1 Å². The summed E-state index contributed by atoms with van der Waals surface area (Å²) in [5.41, 5.74) is 8.24. The molecule has 2 aliphatic carbocycles. The molecule has 0 saturated heterocycles. The highest BCUT2D eigenvalue weighted by atomic mass is 15.3. The molecule has 1 aromatic heterocycles. The molecule has 0 fully saturated rings. The fraction of sp³-hybridized carbons (Fsp3) is 0.143. The number of rotatable bonds is 4. The Kier molecular flexibility index (Phi) is 5.83. The van der Waals surface area contributed by atoms with Gasteiger partial charge in [-0.3, -0.25) is 0 Å². The maximum Gasteiger partial charge on any atom is 0.201 e. The van der Waals surface area contributed by atoms with E-state index in [0.717, 1.165) is 48.2 Å². The van der Waals surface area contributed by atoms with Crippen LogP contribution in [0.2, 0.25) is 0 Å². The number of benzene rings is 3. The minimum Gasteiger partial charge on any atom is -0.346 e. The highest BCUT2D eigenvalue weighted by Gasteiger charge is 2.25. The van der Waals surface area contributed by atoms with Gasteiger partial charge >= 0.3 is 0 Å². The van der Waals surface area contributed by atoms with Gasteiger partial charge in [0.1, 0.15) is 0 Å². The standard InChI is InChI=1S/C35H28N4/c36-23-26-16-7-8-17-27(26)31-22-30(25-14-5-2-6-15-25)37-35(38-31)39-32-20-10-9-18-29(32)34-28(19-11-21-33(34)39)24-12-3-1-4-13-24/h1-3,5-8,11-12,14-22,35,38H,4,9-10,13H2. The predicted octanol–water partition coefficient (Wildman–Crippen LogP) is 6.19. The van der Waals surface area contributed by atoms with E-state index in [1.54, 1.807) is 0 Å². The number of hydrogen-bond acceptors (Lipinski definition) is 3. The molecule has 0 radical (unpaired) electrons. The van der Waals surface area contributed by atoms with E-state index in [-0.39, 0.29) is 6.29 Å². The van der Waals surface area contributed by atoms with E-state index in [2.05, 4.69) is 82.7 Å². The molecular weight excluding hydrogens is 476 g/mol. The minimum absolute atomic E-state index is 0.364. The summed E-state index contributed by atoms with van der Waals surface area (Å²) in [6.07, 6.45) is 17.3. The molecule has 0 spiro atoms. The lowest BCUT2D eigenvalue weighted by atomic mass is 9.94. The molecule has 39 heavy (non-hydrogen) atoms. The average molecular weight is 505 g/mol. The molecule has 1 N–H and O–H groups in total. The maximum absolute atomic E-state index is 9.88. The van der Waals surface area contributed by atoms with Crippen LogP contribution in [0.1, 0.15) is 54.2 Å². The summed E-state index contributed by atoms with van der Waals surface area (Å²) in [6, 6.07) is 27.1. The summed E-state index contributed by atoms with van der Waals surface area (Å²) in [7, 11) is 0. The van der Waals surface area contributed by atoms with Crippen molar-refractivity contribution < 1.29 is 0 Å². The highest BCUT2D eigenvalue weighted by Crippen LogP contribution is 2.31. The van der Waals surface area contributed by atoms with Gasteiger partial charge in [0.25, 0.3) is 0 Å². The second-order valence-electron chi connectivity index (χ2n) is 10.1. The quantitative estimate of drug-likeness (QED) is 0.360.